The largest absolute Gasteiger partial charge is 0.354 e. The summed E-state index contributed by atoms with van der Waals surface area (Å²) in [4.78, 5) is 9.06. The zero-order valence-electron chi connectivity index (χ0n) is 14.2. The molecule has 0 spiro atoms. The Morgan fingerprint density at radius 1 is 0.923 bits per heavy atom. The van der Waals surface area contributed by atoms with Crippen molar-refractivity contribution in [1.29, 1.82) is 5.26 Å². The van der Waals surface area contributed by atoms with Crippen LogP contribution in [0.5, 0.6) is 0 Å². The summed E-state index contributed by atoms with van der Waals surface area (Å²) < 4.78 is 0. The molecule has 0 amide bonds. The van der Waals surface area contributed by atoms with Gasteiger partial charge in [0.15, 0.2) is 0 Å². The smallest absolute Gasteiger partial charge is 0.149 e. The third-order valence-corrected chi connectivity index (χ3v) is 4.45. The molecule has 0 aliphatic rings. The second-order valence-corrected chi connectivity index (χ2v) is 6.04. The highest BCUT2D eigenvalue weighted by molar-refractivity contribution is 5.93. The predicted molar refractivity (Wildman–Crippen MR) is 102 cm³/mol. The zero-order chi connectivity index (χ0) is 17.9. The van der Waals surface area contributed by atoms with Crippen molar-refractivity contribution in [1.82, 2.24) is 9.97 Å². The number of nitriles is 1. The van der Waals surface area contributed by atoms with Crippen molar-refractivity contribution in [2.75, 3.05) is 0 Å². The van der Waals surface area contributed by atoms with Crippen molar-refractivity contribution < 1.29 is 5.73 Å². The fourth-order valence-electron chi connectivity index (χ4n) is 3.07. The first-order valence-corrected chi connectivity index (χ1v) is 8.44. The summed E-state index contributed by atoms with van der Waals surface area (Å²) >= 11 is 0. The van der Waals surface area contributed by atoms with Crippen LogP contribution in [0.4, 0.5) is 0 Å². The molecule has 0 saturated heterocycles. The second kappa shape index (κ2) is 6.75. The summed E-state index contributed by atoms with van der Waals surface area (Å²) in [5.41, 5.74) is 10.3. The normalized spacial score (nSPS) is 10.6. The van der Waals surface area contributed by atoms with E-state index in [1.165, 1.54) is 5.56 Å². The Kier molecular flexibility index (Phi) is 4.14. The number of fused-ring (bicyclic) bond motifs is 1. The molecule has 4 rings (SSSR count). The predicted octanol–water partition coefficient (Wildman–Crippen LogP) is 3.58. The molecule has 2 heterocycles. The monoisotopic (exact) mass is 337 g/mol. The highest BCUT2D eigenvalue weighted by atomic mass is 14.7. The van der Waals surface area contributed by atoms with Crippen LogP contribution in [0.25, 0.3) is 33.3 Å². The molecule has 124 valence electrons. The van der Waals surface area contributed by atoms with Gasteiger partial charge in [0.1, 0.15) is 11.8 Å². The van der Waals surface area contributed by atoms with E-state index in [2.05, 4.69) is 53.2 Å². The molecule has 0 unspecified atom stereocenters. The number of aromatic nitrogens is 2. The molecular formula is C22H17N4+. The van der Waals surface area contributed by atoms with Gasteiger partial charge in [-0.1, -0.05) is 54.6 Å². The quantitative estimate of drug-likeness (QED) is 0.621. The number of pyridine rings is 2. The molecule has 0 atom stereocenters. The van der Waals surface area contributed by atoms with Crippen LogP contribution in [0.15, 0.2) is 72.9 Å². The van der Waals surface area contributed by atoms with Gasteiger partial charge in [0.25, 0.3) is 0 Å². The lowest BCUT2D eigenvalue weighted by molar-refractivity contribution is -0.386. The average molecular weight is 337 g/mol. The number of hydrogen-bond acceptors (Lipinski definition) is 3. The van der Waals surface area contributed by atoms with Crippen LogP contribution in [0.2, 0.25) is 0 Å². The molecule has 4 aromatic rings. The van der Waals surface area contributed by atoms with Crippen LogP contribution >= 0.6 is 0 Å². The van der Waals surface area contributed by atoms with E-state index >= 15 is 0 Å². The fourth-order valence-corrected chi connectivity index (χ4v) is 3.07. The van der Waals surface area contributed by atoms with Gasteiger partial charge < -0.3 is 5.73 Å². The highest BCUT2D eigenvalue weighted by Gasteiger charge is 2.13. The zero-order valence-corrected chi connectivity index (χ0v) is 14.2. The average Bonchev–Trinajstić information content (AvgIpc) is 2.73. The minimum Gasteiger partial charge on any atom is -0.354 e. The van der Waals surface area contributed by atoms with Crippen molar-refractivity contribution in [3.05, 3.63) is 84.2 Å². The number of rotatable bonds is 3. The summed E-state index contributed by atoms with van der Waals surface area (Å²) in [5.74, 6) is 0. The third kappa shape index (κ3) is 2.81. The molecule has 3 N–H and O–H groups in total. The van der Waals surface area contributed by atoms with E-state index in [4.69, 9.17) is 4.98 Å². The number of hydrogen-bond donors (Lipinski definition) is 1. The highest BCUT2D eigenvalue weighted by Crippen LogP contribution is 2.34. The van der Waals surface area contributed by atoms with E-state index in [9.17, 15) is 5.26 Å². The lowest BCUT2D eigenvalue weighted by Gasteiger charge is -2.12. The molecule has 0 fully saturated rings. The summed E-state index contributed by atoms with van der Waals surface area (Å²) in [6.07, 6.45) is 1.63. The number of benzene rings is 2. The van der Waals surface area contributed by atoms with E-state index in [1.807, 2.05) is 30.3 Å². The van der Waals surface area contributed by atoms with Gasteiger partial charge in [0, 0.05) is 28.3 Å². The van der Waals surface area contributed by atoms with Gasteiger partial charge >= 0.3 is 0 Å². The van der Waals surface area contributed by atoms with Crippen molar-refractivity contribution in [2.24, 2.45) is 0 Å². The first-order chi connectivity index (χ1) is 12.8. The molecule has 0 aliphatic carbocycles. The lowest BCUT2D eigenvalue weighted by Crippen LogP contribution is -2.47. The maximum absolute atomic E-state index is 9.39. The molecular weight excluding hydrogens is 320 g/mol. The van der Waals surface area contributed by atoms with E-state index in [0.717, 1.165) is 39.8 Å². The van der Waals surface area contributed by atoms with Gasteiger partial charge in [-0.2, -0.15) is 5.26 Å². The van der Waals surface area contributed by atoms with Crippen LogP contribution in [0.3, 0.4) is 0 Å². The molecule has 0 saturated carbocycles. The molecule has 4 nitrogen and oxygen atoms in total. The van der Waals surface area contributed by atoms with Gasteiger partial charge in [-0.25, -0.2) is 9.97 Å². The van der Waals surface area contributed by atoms with Gasteiger partial charge in [0.05, 0.1) is 17.8 Å². The molecule has 0 aliphatic heterocycles. The molecule has 2 aromatic heterocycles. The maximum atomic E-state index is 9.39. The minimum atomic E-state index is 0.395. The van der Waals surface area contributed by atoms with Gasteiger partial charge in [-0.15, -0.1) is 0 Å². The Morgan fingerprint density at radius 3 is 2.38 bits per heavy atom. The summed E-state index contributed by atoms with van der Waals surface area (Å²) in [6.45, 7) is 0.758. The van der Waals surface area contributed by atoms with Gasteiger partial charge in [0.2, 0.25) is 0 Å². The Hall–Kier alpha value is -3.55. The van der Waals surface area contributed by atoms with Gasteiger partial charge in [-0.3, -0.25) is 0 Å². The Balaban J connectivity index is 2.02. The lowest BCUT2D eigenvalue weighted by atomic mass is 9.96. The molecule has 26 heavy (non-hydrogen) atoms. The van der Waals surface area contributed by atoms with Crippen LogP contribution in [0.1, 0.15) is 11.3 Å². The Labute approximate surface area is 151 Å². The van der Waals surface area contributed by atoms with Crippen molar-refractivity contribution in [3.63, 3.8) is 0 Å². The third-order valence-electron chi connectivity index (χ3n) is 4.45. The van der Waals surface area contributed by atoms with Crippen molar-refractivity contribution in [3.8, 4) is 28.5 Å². The summed E-state index contributed by atoms with van der Waals surface area (Å²) in [5, 5.41) is 10.2. The summed E-state index contributed by atoms with van der Waals surface area (Å²) in [7, 11) is 0. The molecule has 2 aromatic carbocycles. The van der Waals surface area contributed by atoms with Crippen LogP contribution in [0, 0.1) is 11.3 Å². The molecule has 0 bridgehead atoms. The van der Waals surface area contributed by atoms with Crippen molar-refractivity contribution >= 4 is 10.9 Å². The number of quaternary nitrogens is 1. The molecule has 0 radical (unpaired) electrons. The molecule has 4 heteroatoms. The van der Waals surface area contributed by atoms with E-state index < -0.39 is 0 Å². The van der Waals surface area contributed by atoms with Crippen LogP contribution in [-0.2, 0) is 6.54 Å². The second-order valence-electron chi connectivity index (χ2n) is 6.04. The first kappa shape index (κ1) is 15.9. The van der Waals surface area contributed by atoms with E-state index in [-0.39, 0.29) is 0 Å². The fraction of sp³-hybridized carbons (Fsp3) is 0.0455. The van der Waals surface area contributed by atoms with Crippen LogP contribution in [-0.4, -0.2) is 9.97 Å². The first-order valence-electron chi connectivity index (χ1n) is 8.44. The Bertz CT molecular complexity index is 1110. The topological polar surface area (TPSA) is 77.2 Å². The maximum Gasteiger partial charge on any atom is 0.149 e. The SMILES string of the molecule is N#Cc1nccc2nc(-c3ccc(C[NH3+])cc3)c(-c3ccccc3)cc12. The van der Waals surface area contributed by atoms with Gasteiger partial charge in [-0.05, 0) is 17.7 Å². The van der Waals surface area contributed by atoms with E-state index in [1.54, 1.807) is 6.20 Å². The standard InChI is InChI=1S/C22H16N4/c23-13-15-6-8-17(9-7-15)22-18(16-4-2-1-3-5-16)12-19-20(26-22)10-11-25-21(19)14-24/h1-12H,13,23H2/p+1. The van der Waals surface area contributed by atoms with Crippen molar-refractivity contribution in [2.45, 2.75) is 6.54 Å². The van der Waals surface area contributed by atoms with Crippen LogP contribution < -0.4 is 5.73 Å². The summed E-state index contributed by atoms with van der Waals surface area (Å²) in [6, 6.07) is 24.5. The number of nitrogens with zero attached hydrogens (tertiary/aromatic N) is 3. The van der Waals surface area contributed by atoms with E-state index in [0.29, 0.717) is 5.69 Å². The Morgan fingerprint density at radius 2 is 1.69 bits per heavy atom. The minimum absolute atomic E-state index is 0.395.